The van der Waals surface area contributed by atoms with E-state index < -0.39 is 0 Å². The maximum Gasteiger partial charge on any atom is 0.123 e. The van der Waals surface area contributed by atoms with Gasteiger partial charge in [-0.3, -0.25) is 0 Å². The summed E-state index contributed by atoms with van der Waals surface area (Å²) < 4.78 is 2.09. The Labute approximate surface area is 106 Å². The molecule has 2 aromatic rings. The second-order valence-corrected chi connectivity index (χ2v) is 5.76. The molecule has 0 spiro atoms. The first-order chi connectivity index (χ1) is 8.00. The Bertz CT molecular complexity index is 510. The van der Waals surface area contributed by atoms with Crippen LogP contribution in [0.4, 0.5) is 5.00 Å². The van der Waals surface area contributed by atoms with Crippen LogP contribution in [0.15, 0.2) is 12.5 Å². The molecule has 0 radical (unpaired) electrons. The fourth-order valence-electron chi connectivity index (χ4n) is 1.68. The molecule has 0 atom stereocenters. The average Bonchev–Trinajstić information content (AvgIpc) is 2.82. The third kappa shape index (κ3) is 2.20. The van der Waals surface area contributed by atoms with Crippen molar-refractivity contribution in [1.29, 1.82) is 0 Å². The number of hydrogen-bond donors (Lipinski definition) is 1. The maximum absolute atomic E-state index is 6.05. The fraction of sp³-hybridized carbons (Fsp3) is 0.500. The quantitative estimate of drug-likeness (QED) is 0.909. The molecule has 2 heterocycles. The molecule has 0 bridgehead atoms. The minimum absolute atomic E-state index is 0.357. The van der Waals surface area contributed by atoms with E-state index >= 15 is 0 Å². The van der Waals surface area contributed by atoms with Crippen molar-refractivity contribution >= 4 is 16.3 Å². The van der Waals surface area contributed by atoms with E-state index in [1.165, 1.54) is 0 Å². The van der Waals surface area contributed by atoms with Crippen LogP contribution in [0, 0.1) is 0 Å². The average molecular weight is 250 g/mol. The lowest BCUT2D eigenvalue weighted by Gasteiger charge is -2.10. The van der Waals surface area contributed by atoms with Gasteiger partial charge in [0.15, 0.2) is 0 Å². The molecule has 0 amide bonds. The van der Waals surface area contributed by atoms with Gasteiger partial charge in [0.25, 0.3) is 0 Å². The molecule has 0 aliphatic rings. The number of nitrogens with two attached hydrogens (primary N) is 1. The standard InChI is InChI=1S/C12H18N4S/c1-7(2)12-15-10(11(13)17-12)9-5-14-6-16(9)8(3)4/h5-8H,13H2,1-4H3. The summed E-state index contributed by atoms with van der Waals surface area (Å²) >= 11 is 1.57. The number of nitrogens with zero attached hydrogens (tertiary/aromatic N) is 3. The molecule has 0 saturated heterocycles. The number of imidazole rings is 1. The summed E-state index contributed by atoms with van der Waals surface area (Å²) in [5, 5.41) is 1.85. The molecule has 0 aromatic carbocycles. The summed E-state index contributed by atoms with van der Waals surface area (Å²) in [4.78, 5) is 8.81. The van der Waals surface area contributed by atoms with E-state index in [2.05, 4.69) is 42.2 Å². The van der Waals surface area contributed by atoms with E-state index in [4.69, 9.17) is 5.73 Å². The van der Waals surface area contributed by atoms with Crippen molar-refractivity contribution in [3.8, 4) is 11.4 Å². The van der Waals surface area contributed by atoms with Crippen LogP contribution in [0.2, 0.25) is 0 Å². The highest BCUT2D eigenvalue weighted by Crippen LogP contribution is 2.34. The summed E-state index contributed by atoms with van der Waals surface area (Å²) in [7, 11) is 0. The van der Waals surface area contributed by atoms with Crippen molar-refractivity contribution in [2.24, 2.45) is 0 Å². The van der Waals surface area contributed by atoms with Crippen LogP contribution in [0.3, 0.4) is 0 Å². The molecule has 0 unspecified atom stereocenters. The Morgan fingerprint density at radius 1 is 1.29 bits per heavy atom. The Morgan fingerprint density at radius 2 is 2.00 bits per heavy atom. The van der Waals surface area contributed by atoms with Crippen LogP contribution in [-0.4, -0.2) is 14.5 Å². The van der Waals surface area contributed by atoms with Crippen LogP contribution in [0.5, 0.6) is 0 Å². The summed E-state index contributed by atoms with van der Waals surface area (Å²) in [6, 6.07) is 0.357. The topological polar surface area (TPSA) is 56.7 Å². The lowest BCUT2D eigenvalue weighted by atomic mass is 10.2. The summed E-state index contributed by atoms with van der Waals surface area (Å²) in [6.45, 7) is 8.50. The van der Waals surface area contributed by atoms with Gasteiger partial charge in [0, 0.05) is 12.0 Å². The van der Waals surface area contributed by atoms with E-state index in [-0.39, 0.29) is 0 Å². The van der Waals surface area contributed by atoms with Crippen molar-refractivity contribution in [1.82, 2.24) is 14.5 Å². The van der Waals surface area contributed by atoms with Crippen molar-refractivity contribution in [2.75, 3.05) is 5.73 Å². The van der Waals surface area contributed by atoms with Gasteiger partial charge in [-0.25, -0.2) is 9.97 Å². The smallest absolute Gasteiger partial charge is 0.123 e. The zero-order valence-electron chi connectivity index (χ0n) is 10.6. The molecular formula is C12H18N4S. The SMILES string of the molecule is CC(C)c1nc(-c2cncn2C(C)C)c(N)s1. The second-order valence-electron chi connectivity index (χ2n) is 4.70. The van der Waals surface area contributed by atoms with Crippen LogP contribution in [0.25, 0.3) is 11.4 Å². The Hall–Kier alpha value is -1.36. The molecule has 0 saturated carbocycles. The number of aromatic nitrogens is 3. The first-order valence-electron chi connectivity index (χ1n) is 5.79. The minimum Gasteiger partial charge on any atom is -0.389 e. The Balaban J connectivity index is 2.49. The van der Waals surface area contributed by atoms with E-state index in [0.29, 0.717) is 12.0 Å². The van der Waals surface area contributed by atoms with Crippen LogP contribution < -0.4 is 5.73 Å². The number of rotatable bonds is 3. The first-order valence-corrected chi connectivity index (χ1v) is 6.60. The van der Waals surface area contributed by atoms with Gasteiger partial charge in [0.1, 0.15) is 10.7 Å². The fourth-order valence-corrected chi connectivity index (χ4v) is 2.52. The van der Waals surface area contributed by atoms with Crippen molar-refractivity contribution in [3.63, 3.8) is 0 Å². The lowest BCUT2D eigenvalue weighted by Crippen LogP contribution is -2.02. The van der Waals surface area contributed by atoms with Gasteiger partial charge in [0.05, 0.1) is 23.2 Å². The summed E-state index contributed by atoms with van der Waals surface area (Å²) in [6.07, 6.45) is 3.66. The largest absolute Gasteiger partial charge is 0.389 e. The molecule has 0 aliphatic heterocycles. The predicted molar refractivity (Wildman–Crippen MR) is 72.2 cm³/mol. The van der Waals surface area contributed by atoms with Crippen molar-refractivity contribution in [3.05, 3.63) is 17.5 Å². The maximum atomic E-state index is 6.05. The molecular weight excluding hydrogens is 232 g/mol. The molecule has 2 N–H and O–H groups in total. The molecule has 0 aliphatic carbocycles. The van der Waals surface area contributed by atoms with Crippen molar-refractivity contribution < 1.29 is 0 Å². The number of anilines is 1. The Morgan fingerprint density at radius 3 is 2.53 bits per heavy atom. The van der Waals surface area contributed by atoms with Crippen LogP contribution in [-0.2, 0) is 0 Å². The predicted octanol–water partition coefficient (Wildman–Crippen LogP) is 3.29. The molecule has 0 fully saturated rings. The van der Waals surface area contributed by atoms with Gasteiger partial charge in [-0.2, -0.15) is 0 Å². The molecule has 2 rings (SSSR count). The zero-order valence-corrected chi connectivity index (χ0v) is 11.5. The molecule has 2 aromatic heterocycles. The normalized spacial score (nSPS) is 11.6. The van der Waals surface area contributed by atoms with E-state index in [1.807, 2.05) is 12.5 Å². The van der Waals surface area contributed by atoms with E-state index in [9.17, 15) is 0 Å². The molecule has 4 nitrogen and oxygen atoms in total. The van der Waals surface area contributed by atoms with Gasteiger partial charge < -0.3 is 10.3 Å². The van der Waals surface area contributed by atoms with Crippen LogP contribution in [0.1, 0.15) is 44.7 Å². The first kappa shape index (κ1) is 12.1. The third-order valence-corrected chi connectivity index (χ3v) is 3.81. The molecule has 92 valence electrons. The van der Waals surface area contributed by atoms with E-state index in [1.54, 1.807) is 11.3 Å². The lowest BCUT2D eigenvalue weighted by molar-refractivity contribution is 0.604. The Kier molecular flexibility index (Phi) is 3.19. The number of hydrogen-bond acceptors (Lipinski definition) is 4. The molecule has 5 heteroatoms. The molecule has 17 heavy (non-hydrogen) atoms. The van der Waals surface area contributed by atoms with E-state index in [0.717, 1.165) is 21.4 Å². The number of nitrogen functional groups attached to an aromatic ring is 1. The summed E-state index contributed by atoms with van der Waals surface area (Å²) in [5.74, 6) is 0.409. The number of thiazole rings is 1. The zero-order chi connectivity index (χ0) is 12.6. The highest BCUT2D eigenvalue weighted by Gasteiger charge is 2.17. The monoisotopic (exact) mass is 250 g/mol. The third-order valence-electron chi connectivity index (χ3n) is 2.63. The van der Waals surface area contributed by atoms with Gasteiger partial charge in [-0.15, -0.1) is 11.3 Å². The minimum atomic E-state index is 0.357. The van der Waals surface area contributed by atoms with Gasteiger partial charge >= 0.3 is 0 Å². The van der Waals surface area contributed by atoms with Crippen molar-refractivity contribution in [2.45, 2.75) is 39.7 Å². The van der Waals surface area contributed by atoms with Crippen LogP contribution >= 0.6 is 11.3 Å². The highest BCUT2D eigenvalue weighted by atomic mass is 32.1. The summed E-state index contributed by atoms with van der Waals surface area (Å²) in [5.41, 5.74) is 7.92. The highest BCUT2D eigenvalue weighted by molar-refractivity contribution is 7.16. The van der Waals surface area contributed by atoms with Gasteiger partial charge in [-0.1, -0.05) is 13.8 Å². The second kappa shape index (κ2) is 4.49. The van der Waals surface area contributed by atoms with Gasteiger partial charge in [0.2, 0.25) is 0 Å². The van der Waals surface area contributed by atoms with Gasteiger partial charge in [-0.05, 0) is 13.8 Å².